The van der Waals surface area contributed by atoms with Gasteiger partial charge in [-0.3, -0.25) is 4.52 Å². The quantitative estimate of drug-likeness (QED) is 0.222. The highest BCUT2D eigenvalue weighted by Crippen LogP contribution is 2.57. The van der Waals surface area contributed by atoms with Crippen molar-refractivity contribution in [2.45, 2.75) is 26.8 Å². The molecule has 2 aromatic rings. The Morgan fingerprint density at radius 1 is 1.28 bits per heavy atom. The van der Waals surface area contributed by atoms with Gasteiger partial charge >= 0.3 is 20.8 Å². The van der Waals surface area contributed by atoms with Crippen LogP contribution >= 0.6 is 27.0 Å². The van der Waals surface area contributed by atoms with Crippen LogP contribution in [0.3, 0.4) is 0 Å². The molecule has 2 aromatic heterocycles. The van der Waals surface area contributed by atoms with E-state index in [1.54, 1.807) is 13.1 Å². The van der Waals surface area contributed by atoms with Crippen molar-refractivity contribution in [1.82, 2.24) is 9.97 Å². The largest absolute Gasteiger partial charge is 1.00 e. The molecule has 0 saturated carbocycles. The Balaban J connectivity index is 0.00000420. The van der Waals surface area contributed by atoms with Gasteiger partial charge in [-0.15, -0.1) is 4.57 Å². The topological polar surface area (TPSA) is 178 Å². The van der Waals surface area contributed by atoms with Crippen LogP contribution in [0.2, 0.25) is 0 Å². The van der Waals surface area contributed by atoms with Crippen molar-refractivity contribution in [2.75, 3.05) is 19.5 Å². The highest BCUT2D eigenvalue weighted by molar-refractivity contribution is 7.60. The summed E-state index contributed by atoms with van der Waals surface area (Å²) in [5, 5.41) is 0.561. The zero-order valence-electron chi connectivity index (χ0n) is 15.7. The predicted octanol–water partition coefficient (Wildman–Crippen LogP) is -2.15. The maximum absolute atomic E-state index is 11.5. The number of rotatable bonds is 9. The van der Waals surface area contributed by atoms with E-state index in [0.29, 0.717) is 28.9 Å². The fourth-order valence-corrected chi connectivity index (χ4v) is 4.94. The van der Waals surface area contributed by atoms with Crippen LogP contribution in [-0.2, 0) is 30.9 Å². The van der Waals surface area contributed by atoms with E-state index in [1.165, 1.54) is 18.4 Å². The van der Waals surface area contributed by atoms with Crippen molar-refractivity contribution in [1.29, 1.82) is 0 Å². The SMILES string of the molecule is COc1sc(CCOP(=O)(O)OP(=O)(O)O)c(C)[n+]1Cc1cnc(C)nc1N.[Cl-]. The van der Waals surface area contributed by atoms with Crippen LogP contribution in [0.5, 0.6) is 5.19 Å². The Morgan fingerprint density at radius 3 is 2.48 bits per heavy atom. The Bertz CT molecular complexity index is 953. The van der Waals surface area contributed by atoms with E-state index >= 15 is 0 Å². The number of halogens is 1. The lowest BCUT2D eigenvalue weighted by molar-refractivity contribution is -0.694. The van der Waals surface area contributed by atoms with Gasteiger partial charge in [0.1, 0.15) is 11.6 Å². The van der Waals surface area contributed by atoms with E-state index in [0.717, 1.165) is 10.6 Å². The van der Waals surface area contributed by atoms with Gasteiger partial charge in [0.2, 0.25) is 0 Å². The van der Waals surface area contributed by atoms with Gasteiger partial charge in [-0.2, -0.15) is 4.31 Å². The summed E-state index contributed by atoms with van der Waals surface area (Å²) < 4.78 is 37.8. The molecule has 0 aliphatic carbocycles. The summed E-state index contributed by atoms with van der Waals surface area (Å²) >= 11 is 1.29. The molecule has 29 heavy (non-hydrogen) atoms. The van der Waals surface area contributed by atoms with E-state index in [2.05, 4.69) is 18.8 Å². The fraction of sp³-hybridized carbons (Fsp3) is 0.462. The van der Waals surface area contributed by atoms with Crippen LogP contribution in [-0.4, -0.2) is 38.4 Å². The first-order valence-electron chi connectivity index (χ1n) is 7.80. The summed E-state index contributed by atoms with van der Waals surface area (Å²) in [6, 6.07) is 0. The third-order valence-electron chi connectivity index (χ3n) is 3.55. The first kappa shape index (κ1) is 25.9. The van der Waals surface area contributed by atoms with Crippen LogP contribution in [0.15, 0.2) is 6.20 Å². The maximum atomic E-state index is 11.5. The second-order valence-corrected chi connectivity index (χ2v) is 9.49. The molecule has 12 nitrogen and oxygen atoms in total. The predicted molar refractivity (Wildman–Crippen MR) is 98.7 cm³/mol. The second kappa shape index (κ2) is 10.3. The molecule has 0 bridgehead atoms. The minimum absolute atomic E-state index is 0. The molecule has 0 radical (unpaired) electrons. The van der Waals surface area contributed by atoms with Crippen LogP contribution < -0.4 is 27.4 Å². The molecule has 0 saturated heterocycles. The van der Waals surface area contributed by atoms with Gasteiger partial charge < -0.3 is 37.6 Å². The third-order valence-corrected chi connectivity index (χ3v) is 7.05. The number of hydrogen-bond donors (Lipinski definition) is 4. The molecule has 5 N–H and O–H groups in total. The zero-order chi connectivity index (χ0) is 21.1. The average Bonchev–Trinajstić information content (AvgIpc) is 2.83. The minimum Gasteiger partial charge on any atom is -1.00 e. The number of nitrogens with two attached hydrogens (primary N) is 1. The lowest BCUT2D eigenvalue weighted by atomic mass is 10.2. The molecule has 164 valence electrons. The molecular formula is C13H21ClN4O8P2S. The summed E-state index contributed by atoms with van der Waals surface area (Å²) in [6.45, 7) is 3.62. The smallest absolute Gasteiger partial charge is 0.481 e. The maximum Gasteiger partial charge on any atom is 0.481 e. The minimum atomic E-state index is -5.15. The number of phosphoric acid groups is 2. The number of phosphoric ester groups is 1. The molecular weight excluding hydrogens is 470 g/mol. The highest BCUT2D eigenvalue weighted by atomic mass is 35.5. The molecule has 0 aliphatic rings. The summed E-state index contributed by atoms with van der Waals surface area (Å²) in [6.07, 6.45) is 1.82. The lowest BCUT2D eigenvalue weighted by Crippen LogP contribution is -3.00. The lowest BCUT2D eigenvalue weighted by Gasteiger charge is -2.11. The van der Waals surface area contributed by atoms with E-state index < -0.39 is 15.6 Å². The van der Waals surface area contributed by atoms with Crippen molar-refractivity contribution in [3.05, 3.63) is 28.2 Å². The second-order valence-electron chi connectivity index (χ2n) is 5.62. The van der Waals surface area contributed by atoms with Crippen molar-refractivity contribution in [3.8, 4) is 5.19 Å². The monoisotopic (exact) mass is 490 g/mol. The van der Waals surface area contributed by atoms with Crippen molar-refractivity contribution < 1.29 is 54.4 Å². The molecule has 0 aliphatic heterocycles. The van der Waals surface area contributed by atoms with E-state index in [4.69, 9.17) is 20.3 Å². The number of aromatic nitrogens is 3. The Labute approximate surface area is 177 Å². The Hall–Kier alpha value is -1.14. The van der Waals surface area contributed by atoms with Crippen molar-refractivity contribution in [2.24, 2.45) is 0 Å². The number of aryl methyl sites for hydroxylation is 1. The normalized spacial score (nSPS) is 13.6. The molecule has 2 heterocycles. The van der Waals surface area contributed by atoms with Crippen molar-refractivity contribution >= 4 is 32.8 Å². The number of ether oxygens (including phenoxy) is 1. The standard InChI is InChI=1S/C13H20N4O8P2S.ClH/c1-8-11(4-5-24-27(21,22)25-26(18,19)20)28-13(23-3)17(8)7-10-6-15-9(2)16-12(10)14;/h6H,4-5,7H2,1-3H3,(H4-,14,15,16,18,19,20,21,22);1H. The third kappa shape index (κ3) is 7.56. The number of nitrogens with zero attached hydrogens (tertiary/aromatic N) is 3. The van der Waals surface area contributed by atoms with Gasteiger partial charge in [-0.1, -0.05) is 0 Å². The zero-order valence-corrected chi connectivity index (χ0v) is 19.0. The Kier molecular flexibility index (Phi) is 9.15. The van der Waals surface area contributed by atoms with Gasteiger partial charge in [0.05, 0.1) is 24.2 Å². The van der Waals surface area contributed by atoms with E-state index in [9.17, 15) is 14.0 Å². The summed E-state index contributed by atoms with van der Waals surface area (Å²) in [5.74, 6) is 0.914. The number of methoxy groups -OCH3 is 1. The van der Waals surface area contributed by atoms with E-state index in [1.807, 2.05) is 11.5 Å². The molecule has 0 spiro atoms. The molecule has 0 amide bonds. The van der Waals surface area contributed by atoms with Gasteiger partial charge in [0.25, 0.3) is 0 Å². The average molecular weight is 491 g/mol. The van der Waals surface area contributed by atoms with Gasteiger partial charge in [-0.05, 0) is 18.3 Å². The van der Waals surface area contributed by atoms with Crippen LogP contribution in [0.1, 0.15) is 22.0 Å². The highest BCUT2D eigenvalue weighted by Gasteiger charge is 2.33. The summed E-state index contributed by atoms with van der Waals surface area (Å²) in [7, 11) is -8.52. The molecule has 1 atom stereocenters. The first-order valence-corrected chi connectivity index (χ1v) is 11.6. The van der Waals surface area contributed by atoms with E-state index in [-0.39, 0.29) is 25.4 Å². The van der Waals surface area contributed by atoms with Crippen LogP contribution in [0, 0.1) is 13.8 Å². The van der Waals surface area contributed by atoms with Gasteiger partial charge in [0, 0.05) is 19.5 Å². The number of thiazole rings is 1. The number of hydrogen-bond acceptors (Lipinski definition) is 9. The first-order chi connectivity index (χ1) is 12.9. The summed E-state index contributed by atoms with van der Waals surface area (Å²) in [5.41, 5.74) is 7.44. The molecule has 0 aromatic carbocycles. The molecule has 1 unspecified atom stereocenters. The molecule has 0 fully saturated rings. The Morgan fingerprint density at radius 2 is 1.93 bits per heavy atom. The fourth-order valence-electron chi connectivity index (χ4n) is 2.31. The number of anilines is 1. The van der Waals surface area contributed by atoms with Crippen molar-refractivity contribution in [3.63, 3.8) is 0 Å². The molecule has 2 rings (SSSR count). The van der Waals surface area contributed by atoms with Gasteiger partial charge in [0.15, 0.2) is 12.2 Å². The van der Waals surface area contributed by atoms with Crippen LogP contribution in [0.25, 0.3) is 0 Å². The van der Waals surface area contributed by atoms with Gasteiger partial charge in [-0.25, -0.2) is 19.1 Å². The summed E-state index contributed by atoms with van der Waals surface area (Å²) in [4.78, 5) is 35.6. The van der Waals surface area contributed by atoms with Crippen LogP contribution in [0.4, 0.5) is 5.82 Å². The number of nitrogen functional groups attached to an aromatic ring is 1. The molecule has 16 heteroatoms.